The molecule has 1 atom stereocenters. The van der Waals surface area contributed by atoms with Gasteiger partial charge < -0.3 is 14.8 Å². The predicted octanol–water partition coefficient (Wildman–Crippen LogP) is 3.69. The first-order valence-corrected chi connectivity index (χ1v) is 11.1. The summed E-state index contributed by atoms with van der Waals surface area (Å²) in [4.78, 5) is 12.8. The maximum Gasteiger partial charge on any atom is 0.251 e. The molecule has 1 aliphatic rings. The van der Waals surface area contributed by atoms with Gasteiger partial charge in [-0.05, 0) is 67.9 Å². The van der Waals surface area contributed by atoms with Crippen LogP contribution >= 0.6 is 0 Å². The van der Waals surface area contributed by atoms with E-state index in [1.165, 1.54) is 0 Å². The molecule has 0 fully saturated rings. The van der Waals surface area contributed by atoms with Crippen LogP contribution in [0.25, 0.3) is 16.9 Å². The monoisotopic (exact) mass is 455 g/mol. The fourth-order valence-corrected chi connectivity index (χ4v) is 4.15. The molecule has 0 spiro atoms. The number of benzene rings is 2. The molecule has 1 aliphatic heterocycles. The largest absolute Gasteiger partial charge is 0.488 e. The molecule has 172 valence electrons. The number of fused-ring (bicyclic) bond motifs is 1. The average Bonchev–Trinajstić information content (AvgIpc) is 3.43. The smallest absolute Gasteiger partial charge is 0.251 e. The Balaban J connectivity index is 1.23. The standard InChI is InChI=1S/C26H25N5O3/c1-16-11-17(2)31(30-16)21-6-4-5-19(13-21)26(32)27-15-22-14-20-12-18(7-9-24(20)34-22)23-8-10-25(33-3)29-28-23/h4-13,22H,14-15H2,1-3H3,(H,27,32)/t22-/m0/s1. The Bertz CT molecular complexity index is 1350. The van der Waals surface area contributed by atoms with Crippen LogP contribution in [0.3, 0.4) is 0 Å². The van der Waals surface area contributed by atoms with E-state index in [1.807, 2.05) is 61.0 Å². The maximum atomic E-state index is 12.8. The van der Waals surface area contributed by atoms with E-state index in [9.17, 15) is 4.79 Å². The fraction of sp³-hybridized carbons (Fsp3) is 0.231. The van der Waals surface area contributed by atoms with Crippen LogP contribution in [0, 0.1) is 13.8 Å². The lowest BCUT2D eigenvalue weighted by molar-refractivity contribution is 0.0933. The lowest BCUT2D eigenvalue weighted by Crippen LogP contribution is -2.34. The van der Waals surface area contributed by atoms with Crippen molar-refractivity contribution in [3.8, 4) is 28.6 Å². The summed E-state index contributed by atoms with van der Waals surface area (Å²) in [6, 6.07) is 19.1. The molecule has 1 N–H and O–H groups in total. The minimum absolute atomic E-state index is 0.129. The molecule has 8 heteroatoms. The number of methoxy groups -OCH3 is 1. The van der Waals surface area contributed by atoms with Gasteiger partial charge in [-0.1, -0.05) is 6.07 Å². The van der Waals surface area contributed by atoms with Gasteiger partial charge >= 0.3 is 0 Å². The number of amides is 1. The zero-order valence-electron chi connectivity index (χ0n) is 19.3. The summed E-state index contributed by atoms with van der Waals surface area (Å²) in [7, 11) is 1.56. The minimum Gasteiger partial charge on any atom is -0.488 e. The van der Waals surface area contributed by atoms with Gasteiger partial charge in [0.2, 0.25) is 5.88 Å². The number of aromatic nitrogens is 4. The summed E-state index contributed by atoms with van der Waals surface area (Å²) >= 11 is 0. The van der Waals surface area contributed by atoms with Crippen molar-refractivity contribution in [2.75, 3.05) is 13.7 Å². The number of nitrogens with zero attached hydrogens (tertiary/aromatic N) is 4. The van der Waals surface area contributed by atoms with Crippen LogP contribution in [0.15, 0.2) is 60.7 Å². The number of ether oxygens (including phenoxy) is 2. The molecular formula is C26H25N5O3. The molecule has 0 bridgehead atoms. The zero-order valence-corrected chi connectivity index (χ0v) is 19.3. The van der Waals surface area contributed by atoms with Gasteiger partial charge in [0.15, 0.2) is 0 Å². The predicted molar refractivity (Wildman–Crippen MR) is 128 cm³/mol. The third-order valence-electron chi connectivity index (χ3n) is 5.80. The molecule has 5 rings (SSSR count). The Morgan fingerprint density at radius 2 is 2.00 bits per heavy atom. The topological polar surface area (TPSA) is 91.2 Å². The summed E-state index contributed by atoms with van der Waals surface area (Å²) in [5.74, 6) is 1.16. The van der Waals surface area contributed by atoms with Crippen LogP contribution in [0.1, 0.15) is 27.3 Å². The van der Waals surface area contributed by atoms with Gasteiger partial charge in [-0.2, -0.15) is 5.10 Å². The number of carbonyl (C=O) groups excluding carboxylic acids is 1. The van der Waals surface area contributed by atoms with Crippen LogP contribution in [0.5, 0.6) is 11.6 Å². The van der Waals surface area contributed by atoms with Crippen LogP contribution in [-0.4, -0.2) is 45.6 Å². The van der Waals surface area contributed by atoms with E-state index in [2.05, 4.69) is 26.7 Å². The van der Waals surface area contributed by atoms with E-state index in [1.54, 1.807) is 19.2 Å². The normalized spacial score (nSPS) is 14.4. The first-order valence-electron chi connectivity index (χ1n) is 11.1. The van der Waals surface area contributed by atoms with Crippen LogP contribution in [0.2, 0.25) is 0 Å². The molecule has 34 heavy (non-hydrogen) atoms. The number of aryl methyl sites for hydroxylation is 2. The Hall–Kier alpha value is -4.20. The molecule has 0 saturated heterocycles. The Labute approximate surface area is 197 Å². The first-order chi connectivity index (χ1) is 16.5. The fourth-order valence-electron chi connectivity index (χ4n) is 4.15. The molecule has 2 aromatic carbocycles. The maximum absolute atomic E-state index is 12.8. The second-order valence-electron chi connectivity index (χ2n) is 8.33. The van der Waals surface area contributed by atoms with Crippen LogP contribution < -0.4 is 14.8 Å². The summed E-state index contributed by atoms with van der Waals surface area (Å²) < 4.78 is 13.0. The third kappa shape index (κ3) is 4.34. The molecule has 0 unspecified atom stereocenters. The lowest BCUT2D eigenvalue weighted by atomic mass is 10.0. The second-order valence-corrected chi connectivity index (χ2v) is 8.33. The molecule has 0 saturated carbocycles. The van der Waals surface area contributed by atoms with E-state index in [0.717, 1.165) is 39.6 Å². The molecule has 3 heterocycles. The van der Waals surface area contributed by atoms with Gasteiger partial charge in [0.25, 0.3) is 5.91 Å². The molecule has 0 radical (unpaired) electrons. The van der Waals surface area contributed by atoms with Gasteiger partial charge in [-0.3, -0.25) is 4.79 Å². The highest BCUT2D eigenvalue weighted by molar-refractivity contribution is 5.94. The molecular weight excluding hydrogens is 430 g/mol. The van der Waals surface area contributed by atoms with Gasteiger partial charge in [0.05, 0.1) is 30.7 Å². The van der Waals surface area contributed by atoms with Crippen molar-refractivity contribution in [1.82, 2.24) is 25.3 Å². The number of rotatable bonds is 6. The summed E-state index contributed by atoms with van der Waals surface area (Å²) in [5, 5.41) is 15.8. The second kappa shape index (κ2) is 8.97. The van der Waals surface area contributed by atoms with E-state index in [0.29, 0.717) is 24.4 Å². The van der Waals surface area contributed by atoms with Crippen LogP contribution in [-0.2, 0) is 6.42 Å². The third-order valence-corrected chi connectivity index (χ3v) is 5.80. The minimum atomic E-state index is -0.142. The van der Waals surface area contributed by atoms with Crippen molar-refractivity contribution in [1.29, 1.82) is 0 Å². The van der Waals surface area contributed by atoms with Gasteiger partial charge in [0.1, 0.15) is 11.9 Å². The average molecular weight is 456 g/mol. The van der Waals surface area contributed by atoms with Gasteiger partial charge in [0, 0.05) is 29.3 Å². The van der Waals surface area contributed by atoms with E-state index in [4.69, 9.17) is 9.47 Å². The molecule has 8 nitrogen and oxygen atoms in total. The highest BCUT2D eigenvalue weighted by Gasteiger charge is 2.24. The SMILES string of the molecule is COc1ccc(-c2ccc3c(c2)C[C@@H](CNC(=O)c2cccc(-n4nc(C)cc4C)c2)O3)nn1. The van der Waals surface area contributed by atoms with Crippen molar-refractivity contribution in [3.05, 3.63) is 83.2 Å². The molecule has 4 aromatic rings. The van der Waals surface area contributed by atoms with Gasteiger partial charge in [-0.25, -0.2) is 4.68 Å². The van der Waals surface area contributed by atoms with Crippen LogP contribution in [0.4, 0.5) is 0 Å². The number of nitrogens with one attached hydrogen (secondary N) is 1. The van der Waals surface area contributed by atoms with Crippen molar-refractivity contribution in [3.63, 3.8) is 0 Å². The number of hydrogen-bond acceptors (Lipinski definition) is 6. The quantitative estimate of drug-likeness (QED) is 0.477. The highest BCUT2D eigenvalue weighted by Crippen LogP contribution is 2.32. The Morgan fingerprint density at radius 3 is 2.74 bits per heavy atom. The van der Waals surface area contributed by atoms with Gasteiger partial charge in [-0.15, -0.1) is 10.2 Å². The van der Waals surface area contributed by atoms with Crippen molar-refractivity contribution < 1.29 is 14.3 Å². The summed E-state index contributed by atoms with van der Waals surface area (Å²) in [5.41, 5.74) is 6.21. The Morgan fingerprint density at radius 1 is 1.12 bits per heavy atom. The van der Waals surface area contributed by atoms with E-state index < -0.39 is 0 Å². The number of hydrogen-bond donors (Lipinski definition) is 1. The molecule has 1 amide bonds. The van der Waals surface area contributed by atoms with Crippen molar-refractivity contribution >= 4 is 5.91 Å². The van der Waals surface area contributed by atoms with Crippen molar-refractivity contribution in [2.45, 2.75) is 26.4 Å². The number of carbonyl (C=O) groups is 1. The summed E-state index contributed by atoms with van der Waals surface area (Å²) in [6.45, 7) is 4.36. The lowest BCUT2D eigenvalue weighted by Gasteiger charge is -2.12. The molecule has 2 aromatic heterocycles. The highest BCUT2D eigenvalue weighted by atomic mass is 16.5. The summed E-state index contributed by atoms with van der Waals surface area (Å²) in [6.07, 6.45) is 0.578. The Kier molecular flexibility index (Phi) is 5.71. The zero-order chi connectivity index (χ0) is 23.7. The molecule has 0 aliphatic carbocycles. The van der Waals surface area contributed by atoms with E-state index in [-0.39, 0.29) is 12.0 Å². The first kappa shape index (κ1) is 21.6. The van der Waals surface area contributed by atoms with Crippen molar-refractivity contribution in [2.24, 2.45) is 0 Å². The van der Waals surface area contributed by atoms with E-state index >= 15 is 0 Å².